The van der Waals surface area contributed by atoms with Crippen LogP contribution in [0.5, 0.6) is 0 Å². The van der Waals surface area contributed by atoms with E-state index in [-0.39, 0.29) is 5.91 Å². The molecule has 25 heavy (non-hydrogen) atoms. The normalized spacial score (nSPS) is 16.9. The second kappa shape index (κ2) is 8.25. The third kappa shape index (κ3) is 4.37. The van der Waals surface area contributed by atoms with Crippen LogP contribution in [0.4, 0.5) is 0 Å². The predicted molar refractivity (Wildman–Crippen MR) is 103 cm³/mol. The van der Waals surface area contributed by atoms with Crippen LogP contribution < -0.4 is 0 Å². The average molecular weight is 362 g/mol. The SMILES string of the molecule is C[C@H](CN(C)C(=O)CSc1cn(C)c2ccccc12)N1CCOCC1. The number of para-hydroxylation sites is 1. The number of hydrogen-bond acceptors (Lipinski definition) is 4. The molecule has 136 valence electrons. The number of thioether (sulfide) groups is 1. The van der Waals surface area contributed by atoms with Crippen LogP contribution in [0.15, 0.2) is 35.4 Å². The Morgan fingerprint density at radius 3 is 2.80 bits per heavy atom. The molecule has 0 saturated carbocycles. The number of nitrogens with zero attached hydrogens (tertiary/aromatic N) is 3. The summed E-state index contributed by atoms with van der Waals surface area (Å²) < 4.78 is 7.52. The third-order valence-corrected chi connectivity index (χ3v) is 5.87. The summed E-state index contributed by atoms with van der Waals surface area (Å²) >= 11 is 1.62. The van der Waals surface area contributed by atoms with Gasteiger partial charge in [-0.1, -0.05) is 18.2 Å². The van der Waals surface area contributed by atoms with Crippen LogP contribution in [0.1, 0.15) is 6.92 Å². The van der Waals surface area contributed by atoms with Gasteiger partial charge in [-0.05, 0) is 13.0 Å². The number of aryl methyl sites for hydroxylation is 1. The highest BCUT2D eigenvalue weighted by molar-refractivity contribution is 8.00. The molecule has 0 aliphatic carbocycles. The molecule has 5 nitrogen and oxygen atoms in total. The van der Waals surface area contributed by atoms with Gasteiger partial charge in [0.2, 0.25) is 5.91 Å². The molecule has 6 heteroatoms. The van der Waals surface area contributed by atoms with E-state index in [4.69, 9.17) is 4.74 Å². The lowest BCUT2D eigenvalue weighted by Crippen LogP contribution is -2.48. The van der Waals surface area contributed by atoms with E-state index in [1.165, 1.54) is 15.8 Å². The summed E-state index contributed by atoms with van der Waals surface area (Å²) in [7, 11) is 3.95. The zero-order valence-corrected chi connectivity index (χ0v) is 16.1. The lowest BCUT2D eigenvalue weighted by molar-refractivity contribution is -0.128. The molecular weight excluding hydrogens is 334 g/mol. The topological polar surface area (TPSA) is 37.7 Å². The van der Waals surface area contributed by atoms with E-state index in [2.05, 4.69) is 34.7 Å². The minimum absolute atomic E-state index is 0.179. The molecule has 1 aliphatic heterocycles. The highest BCUT2D eigenvalue weighted by Crippen LogP contribution is 2.29. The van der Waals surface area contributed by atoms with E-state index >= 15 is 0 Å². The molecule has 0 radical (unpaired) electrons. The standard InChI is InChI=1S/C19H27N3O2S/c1-15(22-8-10-24-11-9-22)12-21(3)19(23)14-25-18-13-20(2)17-7-5-4-6-16(17)18/h4-7,13,15H,8-12,14H2,1-3H3/t15-/m1/s1. The van der Waals surface area contributed by atoms with Crippen molar-refractivity contribution in [3.8, 4) is 0 Å². The van der Waals surface area contributed by atoms with Crippen molar-refractivity contribution in [3.05, 3.63) is 30.5 Å². The van der Waals surface area contributed by atoms with Crippen LogP contribution >= 0.6 is 11.8 Å². The molecule has 1 atom stereocenters. The first kappa shape index (κ1) is 18.3. The van der Waals surface area contributed by atoms with Gasteiger partial charge in [0.1, 0.15) is 0 Å². The number of rotatable bonds is 6. The van der Waals surface area contributed by atoms with Gasteiger partial charge in [-0.25, -0.2) is 0 Å². The van der Waals surface area contributed by atoms with Crippen LogP contribution in [0, 0.1) is 0 Å². The Kier molecular flexibility index (Phi) is 6.04. The van der Waals surface area contributed by atoms with Gasteiger partial charge in [0.15, 0.2) is 0 Å². The minimum Gasteiger partial charge on any atom is -0.379 e. The fourth-order valence-electron chi connectivity index (χ4n) is 3.30. The summed E-state index contributed by atoms with van der Waals surface area (Å²) in [5.74, 6) is 0.651. The average Bonchev–Trinajstić information content (AvgIpc) is 2.96. The molecule has 0 spiro atoms. The number of likely N-dealkylation sites (N-methyl/N-ethyl adjacent to an activating group) is 1. The summed E-state index contributed by atoms with van der Waals surface area (Å²) in [6, 6.07) is 8.68. The summed E-state index contributed by atoms with van der Waals surface area (Å²) in [5.41, 5.74) is 1.20. The van der Waals surface area contributed by atoms with Gasteiger partial charge >= 0.3 is 0 Å². The van der Waals surface area contributed by atoms with E-state index < -0.39 is 0 Å². The summed E-state index contributed by atoms with van der Waals surface area (Å²) in [6.07, 6.45) is 2.11. The molecule has 0 N–H and O–H groups in total. The molecule has 3 rings (SSSR count). The van der Waals surface area contributed by atoms with Gasteiger partial charge in [-0.3, -0.25) is 9.69 Å². The summed E-state index contributed by atoms with van der Waals surface area (Å²) in [4.78, 5) is 18.0. The number of amides is 1. The number of morpholine rings is 1. The Hall–Kier alpha value is -1.50. The van der Waals surface area contributed by atoms with E-state index in [9.17, 15) is 4.79 Å². The van der Waals surface area contributed by atoms with E-state index in [1.54, 1.807) is 11.8 Å². The molecule has 2 aromatic rings. The van der Waals surface area contributed by atoms with E-state index in [0.29, 0.717) is 11.8 Å². The molecule has 1 fully saturated rings. The molecule has 1 aromatic carbocycles. The number of hydrogen-bond donors (Lipinski definition) is 0. The monoisotopic (exact) mass is 361 g/mol. The molecule has 1 saturated heterocycles. The van der Waals surface area contributed by atoms with Crippen molar-refractivity contribution in [2.75, 3.05) is 45.6 Å². The molecule has 1 amide bonds. The van der Waals surface area contributed by atoms with Gasteiger partial charge in [-0.15, -0.1) is 11.8 Å². The molecule has 0 unspecified atom stereocenters. The van der Waals surface area contributed by atoms with Crippen molar-refractivity contribution in [1.29, 1.82) is 0 Å². The fraction of sp³-hybridized carbons (Fsp3) is 0.526. The van der Waals surface area contributed by atoms with Gasteiger partial charge in [0.25, 0.3) is 0 Å². The second-order valence-corrected chi connectivity index (χ2v) is 7.70. The van der Waals surface area contributed by atoms with Crippen LogP contribution in [0.25, 0.3) is 10.9 Å². The van der Waals surface area contributed by atoms with Crippen molar-refractivity contribution < 1.29 is 9.53 Å². The first-order chi connectivity index (χ1) is 12.1. The minimum atomic E-state index is 0.179. The van der Waals surface area contributed by atoms with E-state index in [0.717, 1.165) is 32.8 Å². The van der Waals surface area contributed by atoms with Gasteiger partial charge in [0.05, 0.1) is 19.0 Å². The number of carbonyl (C=O) groups is 1. The maximum atomic E-state index is 12.5. The molecular formula is C19H27N3O2S. The number of fused-ring (bicyclic) bond motifs is 1. The molecule has 2 heterocycles. The third-order valence-electron chi connectivity index (χ3n) is 4.84. The van der Waals surface area contributed by atoms with Crippen molar-refractivity contribution in [1.82, 2.24) is 14.4 Å². The molecule has 0 bridgehead atoms. The Labute approximate surface area is 153 Å². The fourth-order valence-corrected chi connectivity index (χ4v) is 4.36. The number of benzene rings is 1. The highest BCUT2D eigenvalue weighted by Gasteiger charge is 2.20. The first-order valence-electron chi connectivity index (χ1n) is 8.79. The van der Waals surface area contributed by atoms with Crippen LogP contribution in [-0.2, 0) is 16.6 Å². The summed E-state index contributed by atoms with van der Waals surface area (Å²) in [5, 5.41) is 1.21. The Morgan fingerprint density at radius 2 is 2.04 bits per heavy atom. The zero-order chi connectivity index (χ0) is 17.8. The Bertz CT molecular complexity index is 725. The lowest BCUT2D eigenvalue weighted by atomic mass is 10.2. The van der Waals surface area contributed by atoms with Crippen LogP contribution in [0.3, 0.4) is 0 Å². The van der Waals surface area contributed by atoms with Crippen molar-refractivity contribution in [3.63, 3.8) is 0 Å². The largest absolute Gasteiger partial charge is 0.379 e. The predicted octanol–water partition coefficient (Wildman–Crippen LogP) is 2.45. The van der Waals surface area contributed by atoms with Gasteiger partial charge < -0.3 is 14.2 Å². The molecule has 1 aromatic heterocycles. The van der Waals surface area contributed by atoms with Crippen LogP contribution in [0.2, 0.25) is 0 Å². The number of ether oxygens (including phenoxy) is 1. The van der Waals surface area contributed by atoms with E-state index in [1.807, 2.05) is 31.1 Å². The summed E-state index contributed by atoms with van der Waals surface area (Å²) in [6.45, 7) is 6.43. The van der Waals surface area contributed by atoms with Gasteiger partial charge in [-0.2, -0.15) is 0 Å². The second-order valence-electron chi connectivity index (χ2n) is 6.68. The number of carbonyl (C=O) groups excluding carboxylic acids is 1. The maximum Gasteiger partial charge on any atom is 0.232 e. The van der Waals surface area contributed by atoms with Crippen molar-refractivity contribution >= 4 is 28.6 Å². The van der Waals surface area contributed by atoms with Crippen molar-refractivity contribution in [2.24, 2.45) is 7.05 Å². The quantitative estimate of drug-likeness (QED) is 0.741. The molecule has 1 aliphatic rings. The number of aromatic nitrogens is 1. The smallest absolute Gasteiger partial charge is 0.232 e. The highest BCUT2D eigenvalue weighted by atomic mass is 32.2. The van der Waals surface area contributed by atoms with Crippen LogP contribution in [-0.4, -0.2) is 72.0 Å². The maximum absolute atomic E-state index is 12.5. The Morgan fingerprint density at radius 1 is 1.32 bits per heavy atom. The zero-order valence-electron chi connectivity index (χ0n) is 15.3. The lowest BCUT2D eigenvalue weighted by Gasteiger charge is -2.34. The Balaban J connectivity index is 1.54. The van der Waals surface area contributed by atoms with Gasteiger partial charge in [0, 0.05) is 61.8 Å². The van der Waals surface area contributed by atoms with Crippen molar-refractivity contribution in [2.45, 2.75) is 17.9 Å². The first-order valence-corrected chi connectivity index (χ1v) is 9.77.